The summed E-state index contributed by atoms with van der Waals surface area (Å²) in [7, 11) is -2.43. The molecule has 2 aromatic rings. The van der Waals surface area contributed by atoms with Gasteiger partial charge in [-0.05, 0) is 43.2 Å². The summed E-state index contributed by atoms with van der Waals surface area (Å²) in [5.74, 6) is -0.0697. The van der Waals surface area contributed by atoms with Crippen molar-refractivity contribution in [2.45, 2.75) is 31.6 Å². The van der Waals surface area contributed by atoms with Crippen molar-refractivity contribution in [3.63, 3.8) is 0 Å². The molecule has 0 saturated carbocycles. The van der Waals surface area contributed by atoms with Gasteiger partial charge in [0.2, 0.25) is 0 Å². The molecule has 27 heavy (non-hydrogen) atoms. The highest BCUT2D eigenvalue weighted by Crippen LogP contribution is 2.26. The molecule has 0 atom stereocenters. The van der Waals surface area contributed by atoms with Gasteiger partial charge in [0.25, 0.3) is 15.9 Å². The van der Waals surface area contributed by atoms with Crippen molar-refractivity contribution >= 4 is 27.3 Å². The fourth-order valence-corrected chi connectivity index (χ4v) is 3.46. The number of benzene rings is 2. The molecule has 0 aliphatic heterocycles. The van der Waals surface area contributed by atoms with E-state index in [4.69, 9.17) is 4.74 Å². The Morgan fingerprint density at radius 3 is 2.44 bits per heavy atom. The highest BCUT2D eigenvalue weighted by molar-refractivity contribution is 7.92. The second-order valence-electron chi connectivity index (χ2n) is 5.66. The molecule has 8 heteroatoms. The Labute approximate surface area is 159 Å². The van der Waals surface area contributed by atoms with E-state index in [2.05, 4.69) is 15.2 Å². The van der Waals surface area contributed by atoms with E-state index in [9.17, 15) is 13.2 Å². The number of rotatable bonds is 8. The predicted octanol–water partition coefficient (Wildman–Crippen LogP) is 3.40. The van der Waals surface area contributed by atoms with Gasteiger partial charge in [0, 0.05) is 11.3 Å². The second-order valence-corrected chi connectivity index (χ2v) is 7.34. The first-order chi connectivity index (χ1) is 12.9. The Morgan fingerprint density at radius 2 is 1.78 bits per heavy atom. The van der Waals surface area contributed by atoms with E-state index >= 15 is 0 Å². The minimum Gasteiger partial charge on any atom is -0.495 e. The number of amides is 1. The lowest BCUT2D eigenvalue weighted by molar-refractivity contribution is 0.0954. The van der Waals surface area contributed by atoms with Gasteiger partial charge in [-0.3, -0.25) is 9.52 Å². The number of carbonyl (C=O) groups is 1. The highest BCUT2D eigenvalue weighted by Gasteiger charge is 2.18. The maximum Gasteiger partial charge on any atom is 0.271 e. The van der Waals surface area contributed by atoms with Crippen molar-refractivity contribution in [3.05, 3.63) is 54.1 Å². The zero-order valence-corrected chi connectivity index (χ0v) is 16.3. The number of nitrogens with zero attached hydrogens (tertiary/aromatic N) is 1. The minimum atomic E-state index is -3.89. The number of hydrazone groups is 1. The highest BCUT2D eigenvalue weighted by atomic mass is 32.2. The first-order valence-corrected chi connectivity index (χ1v) is 10.0. The standard InChI is InChI=1S/C19H23N3O4S/c1-4-15(5-2)20-21-19(23)14-9-8-10-16(13-14)27(24,25)22-17-11-6-7-12-18(17)26-3/h6-13,22H,4-5H2,1-3H3,(H,21,23). The summed E-state index contributed by atoms with van der Waals surface area (Å²) in [5.41, 5.74) is 3.83. The average Bonchev–Trinajstić information content (AvgIpc) is 2.69. The summed E-state index contributed by atoms with van der Waals surface area (Å²) in [6, 6.07) is 12.4. The fourth-order valence-electron chi connectivity index (χ4n) is 2.34. The topological polar surface area (TPSA) is 96.9 Å². The number of hydrogen-bond donors (Lipinski definition) is 2. The lowest BCUT2D eigenvalue weighted by atomic mass is 10.2. The van der Waals surface area contributed by atoms with E-state index in [1.54, 1.807) is 24.3 Å². The monoisotopic (exact) mass is 389 g/mol. The van der Waals surface area contributed by atoms with E-state index in [1.165, 1.54) is 31.4 Å². The molecule has 7 nitrogen and oxygen atoms in total. The molecule has 144 valence electrons. The lowest BCUT2D eigenvalue weighted by Gasteiger charge is -2.12. The molecular formula is C19H23N3O4S. The molecule has 1 amide bonds. The van der Waals surface area contributed by atoms with Gasteiger partial charge in [0.1, 0.15) is 5.75 Å². The maximum atomic E-state index is 12.7. The van der Waals surface area contributed by atoms with Crippen molar-refractivity contribution < 1.29 is 17.9 Å². The van der Waals surface area contributed by atoms with Crippen LogP contribution in [0.15, 0.2) is 58.5 Å². The summed E-state index contributed by atoms with van der Waals surface area (Å²) in [6.45, 7) is 3.90. The lowest BCUT2D eigenvalue weighted by Crippen LogP contribution is -2.20. The van der Waals surface area contributed by atoms with Crippen LogP contribution in [0, 0.1) is 0 Å². The number of ether oxygens (including phenoxy) is 1. The van der Waals surface area contributed by atoms with Crippen LogP contribution in [0.2, 0.25) is 0 Å². The van der Waals surface area contributed by atoms with E-state index in [0.717, 1.165) is 18.6 Å². The van der Waals surface area contributed by atoms with E-state index in [0.29, 0.717) is 11.4 Å². The quantitative estimate of drug-likeness (QED) is 0.534. The Morgan fingerprint density at radius 1 is 1.07 bits per heavy atom. The van der Waals surface area contributed by atoms with Gasteiger partial charge in [-0.25, -0.2) is 13.8 Å². The first kappa shape index (κ1) is 20.4. The van der Waals surface area contributed by atoms with Crippen molar-refractivity contribution in [1.29, 1.82) is 0 Å². The smallest absolute Gasteiger partial charge is 0.271 e. The SMILES string of the molecule is CCC(CC)=NNC(=O)c1cccc(S(=O)(=O)Nc2ccccc2OC)c1. The van der Waals surface area contributed by atoms with Crippen LogP contribution >= 0.6 is 0 Å². The third-order valence-electron chi connectivity index (χ3n) is 3.89. The third-order valence-corrected chi connectivity index (χ3v) is 5.25. The summed E-state index contributed by atoms with van der Waals surface area (Å²) in [5, 5.41) is 4.05. The van der Waals surface area contributed by atoms with Gasteiger partial charge >= 0.3 is 0 Å². The van der Waals surface area contributed by atoms with Crippen LogP contribution in [0.1, 0.15) is 37.0 Å². The molecule has 0 spiro atoms. The van der Waals surface area contributed by atoms with Gasteiger partial charge in [-0.1, -0.05) is 32.0 Å². The van der Waals surface area contributed by atoms with E-state index < -0.39 is 15.9 Å². The number of methoxy groups -OCH3 is 1. The van der Waals surface area contributed by atoms with Gasteiger partial charge in [0.05, 0.1) is 17.7 Å². The molecule has 2 rings (SSSR count). The summed E-state index contributed by atoms with van der Waals surface area (Å²) >= 11 is 0. The van der Waals surface area contributed by atoms with Crippen LogP contribution in [0.4, 0.5) is 5.69 Å². The minimum absolute atomic E-state index is 0.0313. The molecule has 0 aliphatic carbocycles. The predicted molar refractivity (Wildman–Crippen MR) is 106 cm³/mol. The molecule has 0 saturated heterocycles. The van der Waals surface area contributed by atoms with Crippen LogP contribution < -0.4 is 14.9 Å². The Hall–Kier alpha value is -2.87. The number of para-hydroxylation sites is 2. The number of anilines is 1. The molecular weight excluding hydrogens is 366 g/mol. The van der Waals surface area contributed by atoms with Crippen molar-refractivity contribution in [3.8, 4) is 5.75 Å². The second kappa shape index (κ2) is 9.18. The molecule has 0 aromatic heterocycles. The summed E-state index contributed by atoms with van der Waals surface area (Å²) in [6.07, 6.45) is 1.46. The van der Waals surface area contributed by atoms with Gasteiger partial charge < -0.3 is 4.74 Å². The third kappa shape index (κ3) is 5.30. The van der Waals surface area contributed by atoms with Crippen LogP contribution in [0.3, 0.4) is 0 Å². The van der Waals surface area contributed by atoms with Crippen molar-refractivity contribution in [2.24, 2.45) is 5.10 Å². The number of carbonyl (C=O) groups excluding carboxylic acids is 1. The zero-order valence-electron chi connectivity index (χ0n) is 15.5. The molecule has 0 unspecified atom stereocenters. The number of nitrogens with one attached hydrogen (secondary N) is 2. The molecule has 2 N–H and O–H groups in total. The molecule has 0 bridgehead atoms. The molecule has 0 heterocycles. The fraction of sp³-hybridized carbons (Fsp3) is 0.263. The normalized spacial score (nSPS) is 10.8. The van der Waals surface area contributed by atoms with Crippen LogP contribution in [0.5, 0.6) is 5.75 Å². The molecule has 0 aliphatic rings. The number of sulfonamides is 1. The van der Waals surface area contributed by atoms with E-state index in [-0.39, 0.29) is 10.5 Å². The van der Waals surface area contributed by atoms with Gasteiger partial charge in [0.15, 0.2) is 0 Å². The van der Waals surface area contributed by atoms with Crippen LogP contribution in [-0.4, -0.2) is 27.1 Å². The Bertz CT molecular complexity index is 933. The van der Waals surface area contributed by atoms with Crippen LogP contribution in [-0.2, 0) is 10.0 Å². The van der Waals surface area contributed by atoms with Crippen molar-refractivity contribution in [1.82, 2.24) is 5.43 Å². The summed E-state index contributed by atoms with van der Waals surface area (Å²) < 4.78 is 33.0. The van der Waals surface area contributed by atoms with Crippen LogP contribution in [0.25, 0.3) is 0 Å². The number of hydrogen-bond acceptors (Lipinski definition) is 5. The largest absolute Gasteiger partial charge is 0.495 e. The van der Waals surface area contributed by atoms with Crippen molar-refractivity contribution in [2.75, 3.05) is 11.8 Å². The average molecular weight is 389 g/mol. The van der Waals surface area contributed by atoms with Gasteiger partial charge in [-0.2, -0.15) is 5.10 Å². The molecule has 0 fully saturated rings. The van der Waals surface area contributed by atoms with Gasteiger partial charge in [-0.15, -0.1) is 0 Å². The zero-order chi connectivity index (χ0) is 19.9. The maximum absolute atomic E-state index is 12.7. The molecule has 2 aromatic carbocycles. The molecule has 0 radical (unpaired) electrons. The van der Waals surface area contributed by atoms with E-state index in [1.807, 2.05) is 13.8 Å². The Balaban J connectivity index is 2.25. The first-order valence-electron chi connectivity index (χ1n) is 8.53. The summed E-state index contributed by atoms with van der Waals surface area (Å²) in [4.78, 5) is 12.2. The Kier molecular flexibility index (Phi) is 6.95.